The summed E-state index contributed by atoms with van der Waals surface area (Å²) in [6, 6.07) is 12.8. The van der Waals surface area contributed by atoms with Gasteiger partial charge >= 0.3 is 0 Å². The maximum atomic E-state index is 14.8. The average Bonchev–Trinajstić information content (AvgIpc) is 2.71. The molecule has 0 aliphatic carbocycles. The molecule has 0 amide bonds. The predicted molar refractivity (Wildman–Crippen MR) is 117 cm³/mol. The van der Waals surface area contributed by atoms with Gasteiger partial charge in [-0.15, -0.1) is 0 Å². The molecule has 1 fully saturated rings. The second-order valence-electron chi connectivity index (χ2n) is 6.98. The van der Waals surface area contributed by atoms with Crippen LogP contribution in [-0.4, -0.2) is 48.4 Å². The molecule has 1 aliphatic heterocycles. The molecule has 29 heavy (non-hydrogen) atoms. The average molecular weight is 418 g/mol. The van der Waals surface area contributed by atoms with E-state index in [4.69, 9.17) is 5.73 Å². The molecule has 8 heteroatoms. The molecule has 1 heterocycles. The fourth-order valence-corrected chi connectivity index (χ4v) is 3.72. The van der Waals surface area contributed by atoms with E-state index in [0.717, 1.165) is 31.8 Å². The van der Waals surface area contributed by atoms with Crippen molar-refractivity contribution < 1.29 is 8.78 Å². The molecular weight excluding hydrogens is 392 g/mol. The van der Waals surface area contributed by atoms with Gasteiger partial charge in [-0.1, -0.05) is 37.3 Å². The highest BCUT2D eigenvalue weighted by Crippen LogP contribution is 2.26. The van der Waals surface area contributed by atoms with E-state index >= 15 is 0 Å². The number of benzene rings is 2. The molecule has 0 bridgehead atoms. The first-order chi connectivity index (χ1) is 14.0. The van der Waals surface area contributed by atoms with Gasteiger partial charge in [-0.25, -0.2) is 8.78 Å². The summed E-state index contributed by atoms with van der Waals surface area (Å²) in [5, 5.41) is 3.65. The van der Waals surface area contributed by atoms with Crippen LogP contribution in [0.4, 0.5) is 14.5 Å². The van der Waals surface area contributed by atoms with E-state index in [-0.39, 0.29) is 22.4 Å². The number of halogens is 2. The predicted octanol–water partition coefficient (Wildman–Crippen LogP) is 2.89. The molecule has 1 atom stereocenters. The lowest BCUT2D eigenvalue weighted by molar-refractivity contribution is 0.184. The van der Waals surface area contributed by atoms with E-state index < -0.39 is 11.6 Å². The molecule has 0 aromatic heterocycles. The van der Waals surface area contributed by atoms with Crippen LogP contribution in [-0.2, 0) is 6.42 Å². The number of nitrogens with one attached hydrogen (secondary N) is 1. The Balaban J connectivity index is 1.78. The van der Waals surface area contributed by atoms with Gasteiger partial charge in [0.2, 0.25) is 0 Å². The van der Waals surface area contributed by atoms with Crippen molar-refractivity contribution in [2.75, 3.05) is 31.1 Å². The molecule has 1 saturated heterocycles. The standard InChI is InChI=1S/C21H25F2N5S/c1-2-27-8-9-28(14-17(27)10-15-6-4-3-5-7-15)20-12-18(22)16(11-19(20)23)13-25-26-21(24)29/h3-7,11-13,17H,2,8-10,14H2,1H3,(H3,24,26,29). The third-order valence-electron chi connectivity index (χ3n) is 5.11. The van der Waals surface area contributed by atoms with Crippen LogP contribution < -0.4 is 16.1 Å². The number of piperazine rings is 1. The Kier molecular flexibility index (Phi) is 7.11. The van der Waals surface area contributed by atoms with Gasteiger partial charge in [0.05, 0.1) is 11.9 Å². The van der Waals surface area contributed by atoms with E-state index in [2.05, 4.69) is 46.7 Å². The van der Waals surface area contributed by atoms with Crippen LogP contribution in [0.25, 0.3) is 0 Å². The highest BCUT2D eigenvalue weighted by Gasteiger charge is 2.28. The SMILES string of the molecule is CCN1CCN(c2cc(F)c(C=NNC(N)=S)cc2F)CC1Cc1ccccc1. The number of hydrazone groups is 1. The minimum Gasteiger partial charge on any atom is -0.375 e. The van der Waals surface area contributed by atoms with Crippen molar-refractivity contribution in [1.29, 1.82) is 0 Å². The van der Waals surface area contributed by atoms with Crippen LogP contribution in [0.15, 0.2) is 47.6 Å². The van der Waals surface area contributed by atoms with Gasteiger partial charge in [-0.2, -0.15) is 5.10 Å². The molecule has 3 rings (SSSR count). The minimum atomic E-state index is -0.549. The number of thiocarbonyl (C=S) groups is 1. The zero-order chi connectivity index (χ0) is 20.8. The van der Waals surface area contributed by atoms with Gasteiger partial charge in [0.15, 0.2) is 5.11 Å². The highest BCUT2D eigenvalue weighted by atomic mass is 32.1. The fourth-order valence-electron chi connectivity index (χ4n) is 3.67. The van der Waals surface area contributed by atoms with Crippen molar-refractivity contribution in [1.82, 2.24) is 10.3 Å². The quantitative estimate of drug-likeness (QED) is 0.430. The topological polar surface area (TPSA) is 56.9 Å². The Morgan fingerprint density at radius 1 is 1.24 bits per heavy atom. The fraction of sp³-hybridized carbons (Fsp3) is 0.333. The number of rotatable bonds is 6. The van der Waals surface area contributed by atoms with Crippen molar-refractivity contribution in [3.05, 3.63) is 65.2 Å². The number of anilines is 1. The van der Waals surface area contributed by atoms with Crippen LogP contribution >= 0.6 is 12.2 Å². The summed E-state index contributed by atoms with van der Waals surface area (Å²) in [5.41, 5.74) is 9.14. The number of likely N-dealkylation sites (N-methyl/N-ethyl adjacent to an activating group) is 1. The van der Waals surface area contributed by atoms with Gasteiger partial charge in [-0.05, 0) is 36.8 Å². The molecule has 5 nitrogen and oxygen atoms in total. The molecule has 0 spiro atoms. The first kappa shape index (κ1) is 21.1. The third kappa shape index (κ3) is 5.48. The van der Waals surface area contributed by atoms with Crippen molar-refractivity contribution in [2.45, 2.75) is 19.4 Å². The first-order valence-electron chi connectivity index (χ1n) is 9.58. The Bertz CT molecular complexity index is 875. The molecule has 1 unspecified atom stereocenters. The first-order valence-corrected chi connectivity index (χ1v) is 9.99. The Morgan fingerprint density at radius 2 is 2.00 bits per heavy atom. The molecule has 3 N–H and O–H groups in total. The Labute approximate surface area is 175 Å². The monoisotopic (exact) mass is 417 g/mol. The summed E-state index contributed by atoms with van der Waals surface area (Å²) in [7, 11) is 0. The summed E-state index contributed by atoms with van der Waals surface area (Å²) >= 11 is 4.63. The third-order valence-corrected chi connectivity index (χ3v) is 5.20. The van der Waals surface area contributed by atoms with Crippen LogP contribution in [0.2, 0.25) is 0 Å². The summed E-state index contributed by atoms with van der Waals surface area (Å²) in [6.07, 6.45) is 2.03. The molecular formula is C21H25F2N5S. The highest BCUT2D eigenvalue weighted by molar-refractivity contribution is 7.80. The zero-order valence-electron chi connectivity index (χ0n) is 16.3. The lowest BCUT2D eigenvalue weighted by atomic mass is 10.0. The molecule has 0 saturated carbocycles. The van der Waals surface area contributed by atoms with Gasteiger partial charge in [0.1, 0.15) is 11.6 Å². The van der Waals surface area contributed by atoms with Gasteiger partial charge in [0.25, 0.3) is 0 Å². The van der Waals surface area contributed by atoms with Crippen LogP contribution in [0.5, 0.6) is 0 Å². The number of hydrogen-bond donors (Lipinski definition) is 2. The minimum absolute atomic E-state index is 0.0306. The van der Waals surface area contributed by atoms with E-state index in [9.17, 15) is 8.78 Å². The largest absolute Gasteiger partial charge is 0.375 e. The summed E-state index contributed by atoms with van der Waals surface area (Å²) in [6.45, 7) is 5.13. The van der Waals surface area contributed by atoms with Crippen LogP contribution in [0, 0.1) is 11.6 Å². The van der Waals surface area contributed by atoms with Crippen molar-refractivity contribution in [3.8, 4) is 0 Å². The van der Waals surface area contributed by atoms with Crippen molar-refractivity contribution in [3.63, 3.8) is 0 Å². The van der Waals surface area contributed by atoms with Gasteiger partial charge in [-0.3, -0.25) is 10.3 Å². The van der Waals surface area contributed by atoms with Crippen LogP contribution in [0.1, 0.15) is 18.1 Å². The maximum absolute atomic E-state index is 14.8. The number of nitrogens with two attached hydrogens (primary N) is 1. The lowest BCUT2D eigenvalue weighted by Gasteiger charge is -2.42. The van der Waals surface area contributed by atoms with E-state index in [1.165, 1.54) is 11.6 Å². The molecule has 154 valence electrons. The van der Waals surface area contributed by atoms with Crippen molar-refractivity contribution in [2.24, 2.45) is 10.8 Å². The van der Waals surface area contributed by atoms with E-state index in [1.54, 1.807) is 0 Å². The molecule has 1 aliphatic rings. The van der Waals surface area contributed by atoms with Gasteiger partial charge in [0, 0.05) is 37.3 Å². The van der Waals surface area contributed by atoms with Gasteiger partial charge < -0.3 is 10.6 Å². The molecule has 0 radical (unpaired) electrons. The normalized spacial score (nSPS) is 17.6. The van der Waals surface area contributed by atoms with Crippen molar-refractivity contribution >= 4 is 29.2 Å². The summed E-state index contributed by atoms with van der Waals surface area (Å²) < 4.78 is 29.3. The van der Waals surface area contributed by atoms with E-state index in [0.29, 0.717) is 13.1 Å². The number of hydrogen-bond acceptors (Lipinski definition) is 4. The zero-order valence-corrected chi connectivity index (χ0v) is 17.1. The smallest absolute Gasteiger partial charge is 0.184 e. The second kappa shape index (κ2) is 9.76. The lowest BCUT2D eigenvalue weighted by Crippen LogP contribution is -2.54. The maximum Gasteiger partial charge on any atom is 0.184 e. The Morgan fingerprint density at radius 3 is 2.69 bits per heavy atom. The molecule has 2 aromatic carbocycles. The van der Waals surface area contributed by atoms with Crippen LogP contribution in [0.3, 0.4) is 0 Å². The summed E-state index contributed by atoms with van der Waals surface area (Å²) in [4.78, 5) is 4.31. The summed E-state index contributed by atoms with van der Waals surface area (Å²) in [5.74, 6) is -1.03. The van der Waals surface area contributed by atoms with E-state index in [1.807, 2.05) is 23.1 Å². The Hall–Kier alpha value is -2.58. The number of nitrogens with zero attached hydrogens (tertiary/aromatic N) is 3. The molecule has 2 aromatic rings. The second-order valence-corrected chi connectivity index (χ2v) is 7.42.